The number of amides is 2. The lowest BCUT2D eigenvalue weighted by atomic mass is 10.1. The zero-order chi connectivity index (χ0) is 23.3. The van der Waals surface area contributed by atoms with Gasteiger partial charge in [0.1, 0.15) is 17.5 Å². The summed E-state index contributed by atoms with van der Waals surface area (Å²) in [5, 5.41) is 3.07. The Hall–Kier alpha value is -3.29. The molecule has 0 aliphatic rings. The largest absolute Gasteiger partial charge is 0.322 e. The van der Waals surface area contributed by atoms with Gasteiger partial charge in [0, 0.05) is 19.2 Å². The smallest absolute Gasteiger partial charge is 0.314 e. The van der Waals surface area contributed by atoms with Crippen molar-refractivity contribution in [3.63, 3.8) is 0 Å². The Labute approximate surface area is 185 Å². The van der Waals surface area contributed by atoms with Crippen LogP contribution in [0.3, 0.4) is 0 Å². The van der Waals surface area contributed by atoms with E-state index in [-0.39, 0.29) is 11.2 Å². The van der Waals surface area contributed by atoms with Crippen LogP contribution in [0.5, 0.6) is 0 Å². The average Bonchev–Trinajstić information content (AvgIpc) is 2.78. The Morgan fingerprint density at radius 1 is 1.12 bits per heavy atom. The van der Waals surface area contributed by atoms with Crippen LogP contribution in [-0.2, 0) is 6.54 Å². The van der Waals surface area contributed by atoms with Crippen LogP contribution in [0.15, 0.2) is 47.3 Å². The number of fused-ring (bicyclic) bond motifs is 1. The van der Waals surface area contributed by atoms with Gasteiger partial charge in [0.15, 0.2) is 0 Å². The van der Waals surface area contributed by atoms with Crippen LogP contribution in [0.2, 0.25) is 0 Å². The average molecular weight is 443 g/mol. The molecule has 0 spiro atoms. The van der Waals surface area contributed by atoms with Gasteiger partial charge in [-0.05, 0) is 43.5 Å². The molecule has 2 amide bonds. The summed E-state index contributed by atoms with van der Waals surface area (Å²) in [6.45, 7) is 6.66. The summed E-state index contributed by atoms with van der Waals surface area (Å²) in [5.74, 6) is -1.07. The first-order chi connectivity index (χ1) is 15.4. The van der Waals surface area contributed by atoms with Gasteiger partial charge in [-0.25, -0.2) is 18.6 Å². The number of hydrogen-bond donors (Lipinski definition) is 1. The van der Waals surface area contributed by atoms with Crippen molar-refractivity contribution < 1.29 is 13.6 Å². The van der Waals surface area contributed by atoms with Gasteiger partial charge in [0.2, 0.25) is 0 Å². The van der Waals surface area contributed by atoms with E-state index in [1.54, 1.807) is 27.7 Å². The van der Waals surface area contributed by atoms with Crippen molar-refractivity contribution in [3.8, 4) is 0 Å². The van der Waals surface area contributed by atoms with Gasteiger partial charge >= 0.3 is 6.03 Å². The summed E-state index contributed by atoms with van der Waals surface area (Å²) in [7, 11) is 0. The van der Waals surface area contributed by atoms with Crippen LogP contribution in [-0.4, -0.2) is 27.0 Å². The molecular weight excluding hydrogens is 414 g/mol. The van der Waals surface area contributed by atoms with Crippen LogP contribution in [0.1, 0.15) is 51.9 Å². The van der Waals surface area contributed by atoms with Crippen molar-refractivity contribution >= 4 is 22.6 Å². The third kappa shape index (κ3) is 4.79. The summed E-state index contributed by atoms with van der Waals surface area (Å²) >= 11 is 0. The number of anilines is 1. The predicted molar refractivity (Wildman–Crippen MR) is 122 cm³/mol. The standard InChI is InChI=1S/C24H28F2N4O2/c1-4-13-29(24(32)28-20-12-11-16(25)15-18(20)26)21(6-3)22-27-19-10-8-7-9-17(19)23(31)30(22)14-5-2/h7-12,15,21H,4-6,13-14H2,1-3H3,(H,28,32). The molecule has 0 radical (unpaired) electrons. The highest BCUT2D eigenvalue weighted by atomic mass is 19.1. The molecule has 1 atom stereocenters. The highest BCUT2D eigenvalue weighted by Crippen LogP contribution is 2.26. The van der Waals surface area contributed by atoms with Crippen molar-refractivity contribution in [1.82, 2.24) is 14.5 Å². The van der Waals surface area contributed by atoms with Gasteiger partial charge < -0.3 is 10.2 Å². The molecular formula is C24H28F2N4O2. The maximum Gasteiger partial charge on any atom is 0.322 e. The van der Waals surface area contributed by atoms with Crippen LogP contribution in [0.4, 0.5) is 19.3 Å². The summed E-state index contributed by atoms with van der Waals surface area (Å²) in [6, 6.07) is 9.11. The highest BCUT2D eigenvalue weighted by Gasteiger charge is 2.28. The molecule has 0 saturated carbocycles. The molecule has 1 unspecified atom stereocenters. The van der Waals surface area contributed by atoms with E-state index >= 15 is 0 Å². The SMILES string of the molecule is CCCN(C(=O)Nc1ccc(F)cc1F)C(CC)c1nc2ccccc2c(=O)n1CCC. The van der Waals surface area contributed by atoms with Crippen LogP contribution in [0, 0.1) is 11.6 Å². The van der Waals surface area contributed by atoms with E-state index in [9.17, 15) is 18.4 Å². The minimum Gasteiger partial charge on any atom is -0.314 e. The second kappa shape index (κ2) is 10.3. The number of hydrogen-bond acceptors (Lipinski definition) is 3. The number of carbonyl (C=O) groups excluding carboxylic acids is 1. The molecule has 8 heteroatoms. The van der Waals surface area contributed by atoms with Crippen LogP contribution < -0.4 is 10.9 Å². The van der Waals surface area contributed by atoms with Gasteiger partial charge in [-0.3, -0.25) is 9.36 Å². The van der Waals surface area contributed by atoms with Gasteiger partial charge in [-0.1, -0.05) is 32.9 Å². The molecule has 0 bridgehead atoms. The lowest BCUT2D eigenvalue weighted by Crippen LogP contribution is -2.41. The van der Waals surface area contributed by atoms with E-state index in [1.165, 1.54) is 6.07 Å². The number of halogens is 2. The third-order valence-electron chi connectivity index (χ3n) is 5.30. The number of urea groups is 1. The number of nitrogens with zero attached hydrogens (tertiary/aromatic N) is 3. The monoisotopic (exact) mass is 442 g/mol. The Morgan fingerprint density at radius 2 is 1.88 bits per heavy atom. The number of rotatable bonds is 8. The summed E-state index contributed by atoms with van der Waals surface area (Å²) < 4.78 is 29.0. The van der Waals surface area contributed by atoms with Crippen molar-refractivity contribution in [3.05, 3.63) is 70.3 Å². The predicted octanol–water partition coefficient (Wildman–Crippen LogP) is 5.48. The molecule has 2 aromatic carbocycles. The molecule has 0 saturated heterocycles. The zero-order valence-electron chi connectivity index (χ0n) is 18.6. The van der Waals surface area contributed by atoms with Crippen molar-refractivity contribution in [2.24, 2.45) is 0 Å². The molecule has 1 N–H and O–H groups in total. The second-order valence-corrected chi connectivity index (χ2v) is 7.62. The fourth-order valence-electron chi connectivity index (χ4n) is 3.84. The number of para-hydroxylation sites is 1. The summed E-state index contributed by atoms with van der Waals surface area (Å²) in [4.78, 5) is 32.7. The first kappa shape index (κ1) is 23.4. The summed E-state index contributed by atoms with van der Waals surface area (Å²) in [5.41, 5.74) is 0.317. The molecule has 1 heterocycles. The topological polar surface area (TPSA) is 67.2 Å². The van der Waals surface area contributed by atoms with Gasteiger partial charge in [0.05, 0.1) is 22.6 Å². The van der Waals surface area contributed by atoms with Gasteiger partial charge in [-0.15, -0.1) is 0 Å². The van der Waals surface area contributed by atoms with Crippen LogP contribution in [0.25, 0.3) is 10.9 Å². The molecule has 32 heavy (non-hydrogen) atoms. The van der Waals surface area contributed by atoms with E-state index in [2.05, 4.69) is 5.32 Å². The number of aromatic nitrogens is 2. The number of benzene rings is 2. The Balaban J connectivity index is 2.06. The van der Waals surface area contributed by atoms with Gasteiger partial charge in [-0.2, -0.15) is 0 Å². The Morgan fingerprint density at radius 3 is 2.53 bits per heavy atom. The lowest BCUT2D eigenvalue weighted by Gasteiger charge is -2.32. The fourth-order valence-corrected chi connectivity index (χ4v) is 3.84. The van der Waals surface area contributed by atoms with E-state index in [4.69, 9.17) is 4.98 Å². The first-order valence-corrected chi connectivity index (χ1v) is 10.9. The lowest BCUT2D eigenvalue weighted by molar-refractivity contribution is 0.179. The van der Waals surface area contributed by atoms with Crippen molar-refractivity contribution in [2.45, 2.75) is 52.6 Å². The Bertz CT molecular complexity index is 1160. The molecule has 0 fully saturated rings. The normalized spacial score (nSPS) is 12.0. The molecule has 0 aliphatic heterocycles. The maximum atomic E-state index is 14.1. The Kier molecular flexibility index (Phi) is 7.56. The maximum absolute atomic E-state index is 14.1. The number of nitrogens with one attached hydrogen (secondary N) is 1. The molecule has 3 aromatic rings. The quantitative estimate of drug-likeness (QED) is 0.502. The second-order valence-electron chi connectivity index (χ2n) is 7.62. The molecule has 6 nitrogen and oxygen atoms in total. The molecule has 0 aliphatic carbocycles. The molecule has 170 valence electrons. The minimum absolute atomic E-state index is 0.107. The van der Waals surface area contributed by atoms with E-state index in [0.29, 0.717) is 42.7 Å². The first-order valence-electron chi connectivity index (χ1n) is 10.9. The molecule has 1 aromatic heterocycles. The van der Waals surface area contributed by atoms with Crippen molar-refractivity contribution in [1.29, 1.82) is 0 Å². The molecule has 3 rings (SSSR count). The summed E-state index contributed by atoms with van der Waals surface area (Å²) in [6.07, 6.45) is 1.89. The third-order valence-corrected chi connectivity index (χ3v) is 5.30. The van der Waals surface area contributed by atoms with E-state index in [1.807, 2.05) is 26.8 Å². The fraction of sp³-hybridized carbons (Fsp3) is 0.375. The highest BCUT2D eigenvalue weighted by molar-refractivity contribution is 5.89. The van der Waals surface area contributed by atoms with Crippen molar-refractivity contribution in [2.75, 3.05) is 11.9 Å². The van der Waals surface area contributed by atoms with E-state index in [0.717, 1.165) is 18.6 Å². The zero-order valence-corrected chi connectivity index (χ0v) is 18.6. The van der Waals surface area contributed by atoms with Crippen LogP contribution >= 0.6 is 0 Å². The van der Waals surface area contributed by atoms with Gasteiger partial charge in [0.25, 0.3) is 5.56 Å². The van der Waals surface area contributed by atoms with E-state index < -0.39 is 23.7 Å². The number of carbonyl (C=O) groups is 1. The minimum atomic E-state index is -0.852.